The summed E-state index contributed by atoms with van der Waals surface area (Å²) < 4.78 is 11.0. The third kappa shape index (κ3) is 4.69. The van der Waals surface area contributed by atoms with E-state index in [1.165, 1.54) is 12.8 Å². The quantitative estimate of drug-likeness (QED) is 0.770. The van der Waals surface area contributed by atoms with Crippen LogP contribution < -0.4 is 15.8 Å². The lowest BCUT2D eigenvalue weighted by molar-refractivity contribution is 0.0740. The molecule has 1 aliphatic carbocycles. The van der Waals surface area contributed by atoms with Crippen LogP contribution in [0.25, 0.3) is 0 Å². The predicted molar refractivity (Wildman–Crippen MR) is 90.8 cm³/mol. The number of nitrogens with one attached hydrogen (secondary N) is 1. The van der Waals surface area contributed by atoms with E-state index >= 15 is 0 Å². The molecular weight excluding hydrogens is 292 g/mol. The van der Waals surface area contributed by atoms with Crippen molar-refractivity contribution < 1.29 is 14.3 Å². The molecule has 1 aromatic carbocycles. The third-order valence-corrected chi connectivity index (χ3v) is 4.56. The molecule has 5 heteroatoms. The first-order valence-electron chi connectivity index (χ1n) is 8.31. The van der Waals surface area contributed by atoms with Gasteiger partial charge in [0.2, 0.25) is 0 Å². The summed E-state index contributed by atoms with van der Waals surface area (Å²) in [7, 11) is 1.73. The molecule has 0 heterocycles. The van der Waals surface area contributed by atoms with Crippen molar-refractivity contribution in [2.24, 2.45) is 11.1 Å². The Morgan fingerprint density at radius 2 is 2.09 bits per heavy atom. The molecule has 0 unspecified atom stereocenters. The first-order valence-corrected chi connectivity index (χ1v) is 8.31. The number of aryl methyl sites for hydroxylation is 1. The van der Waals surface area contributed by atoms with E-state index in [0.717, 1.165) is 24.2 Å². The van der Waals surface area contributed by atoms with Crippen molar-refractivity contribution in [3.63, 3.8) is 0 Å². The third-order valence-electron chi connectivity index (χ3n) is 4.56. The van der Waals surface area contributed by atoms with Gasteiger partial charge in [-0.3, -0.25) is 4.79 Å². The van der Waals surface area contributed by atoms with Gasteiger partial charge in [-0.25, -0.2) is 0 Å². The number of amides is 1. The summed E-state index contributed by atoms with van der Waals surface area (Å²) in [6, 6.07) is 5.52. The maximum absolute atomic E-state index is 12.5. The lowest BCUT2D eigenvalue weighted by atomic mass is 9.87. The monoisotopic (exact) mass is 320 g/mol. The van der Waals surface area contributed by atoms with E-state index in [9.17, 15) is 4.79 Å². The topological polar surface area (TPSA) is 73.6 Å². The van der Waals surface area contributed by atoms with Crippen molar-refractivity contribution in [1.29, 1.82) is 0 Å². The first kappa shape index (κ1) is 17.8. The van der Waals surface area contributed by atoms with Crippen molar-refractivity contribution in [3.05, 3.63) is 29.3 Å². The first-order chi connectivity index (χ1) is 11.1. The Bertz CT molecular complexity index is 525. The molecular formula is C18H28N2O3. The molecule has 5 nitrogen and oxygen atoms in total. The van der Waals surface area contributed by atoms with Gasteiger partial charge in [0.25, 0.3) is 5.91 Å². The van der Waals surface area contributed by atoms with E-state index < -0.39 is 0 Å². The Kier molecular flexibility index (Phi) is 6.42. The van der Waals surface area contributed by atoms with Gasteiger partial charge in [-0.1, -0.05) is 18.9 Å². The zero-order valence-electron chi connectivity index (χ0n) is 14.2. The van der Waals surface area contributed by atoms with E-state index in [4.69, 9.17) is 15.2 Å². The molecule has 0 atom stereocenters. The number of rotatable bonds is 8. The molecule has 0 aliphatic heterocycles. The summed E-state index contributed by atoms with van der Waals surface area (Å²) in [5.41, 5.74) is 7.18. The molecule has 1 aliphatic rings. The van der Waals surface area contributed by atoms with Crippen LogP contribution in [0.15, 0.2) is 18.2 Å². The molecule has 23 heavy (non-hydrogen) atoms. The van der Waals surface area contributed by atoms with E-state index in [0.29, 0.717) is 31.9 Å². The Labute approximate surface area is 138 Å². The summed E-state index contributed by atoms with van der Waals surface area (Å²) in [4.78, 5) is 12.5. The molecule has 2 rings (SSSR count). The summed E-state index contributed by atoms with van der Waals surface area (Å²) in [5, 5.41) is 3.07. The van der Waals surface area contributed by atoms with Gasteiger partial charge in [0, 0.05) is 31.2 Å². The Hall–Kier alpha value is -1.59. The van der Waals surface area contributed by atoms with Crippen LogP contribution in [-0.2, 0) is 4.74 Å². The molecule has 128 valence electrons. The molecule has 0 bridgehead atoms. The number of hydrogen-bond donors (Lipinski definition) is 2. The number of carbonyl (C=O) groups is 1. The highest BCUT2D eigenvalue weighted by Crippen LogP contribution is 2.37. The van der Waals surface area contributed by atoms with Gasteiger partial charge in [-0.2, -0.15) is 0 Å². The highest BCUT2D eigenvalue weighted by atomic mass is 16.5. The van der Waals surface area contributed by atoms with Crippen LogP contribution in [0.1, 0.15) is 41.6 Å². The average molecular weight is 320 g/mol. The number of carbonyl (C=O) groups excluding carboxylic acids is 1. The molecule has 1 fully saturated rings. The van der Waals surface area contributed by atoms with Gasteiger partial charge < -0.3 is 20.5 Å². The van der Waals surface area contributed by atoms with Gasteiger partial charge in [-0.15, -0.1) is 0 Å². The van der Waals surface area contributed by atoms with Crippen molar-refractivity contribution in [3.8, 4) is 5.75 Å². The molecule has 0 radical (unpaired) electrons. The summed E-state index contributed by atoms with van der Waals surface area (Å²) in [6.45, 7) is 4.22. The van der Waals surface area contributed by atoms with Crippen LogP contribution in [0.2, 0.25) is 0 Å². The van der Waals surface area contributed by atoms with Gasteiger partial charge in [0.15, 0.2) is 0 Å². The fourth-order valence-corrected chi connectivity index (χ4v) is 3.24. The zero-order chi connectivity index (χ0) is 16.7. The van der Waals surface area contributed by atoms with E-state index in [2.05, 4.69) is 5.32 Å². The van der Waals surface area contributed by atoms with Crippen molar-refractivity contribution in [1.82, 2.24) is 5.32 Å². The summed E-state index contributed by atoms with van der Waals surface area (Å²) in [6.07, 6.45) is 4.64. The molecule has 3 N–H and O–H groups in total. The highest BCUT2D eigenvalue weighted by Gasteiger charge is 2.34. The van der Waals surface area contributed by atoms with Gasteiger partial charge in [0.1, 0.15) is 12.4 Å². The van der Waals surface area contributed by atoms with Crippen LogP contribution in [0.5, 0.6) is 5.75 Å². The molecule has 0 spiro atoms. The Morgan fingerprint density at radius 1 is 1.35 bits per heavy atom. The number of methoxy groups -OCH3 is 1. The van der Waals surface area contributed by atoms with Crippen LogP contribution in [0.3, 0.4) is 0 Å². The number of ether oxygens (including phenoxy) is 2. The van der Waals surface area contributed by atoms with E-state index in [1.807, 2.05) is 19.1 Å². The number of hydrogen-bond acceptors (Lipinski definition) is 4. The summed E-state index contributed by atoms with van der Waals surface area (Å²) >= 11 is 0. The smallest absolute Gasteiger partial charge is 0.251 e. The van der Waals surface area contributed by atoms with Crippen molar-refractivity contribution in [2.75, 3.05) is 33.4 Å². The maximum atomic E-state index is 12.5. The molecule has 1 amide bonds. The molecule has 1 saturated carbocycles. The van der Waals surface area contributed by atoms with Crippen LogP contribution in [0.4, 0.5) is 0 Å². The standard InChI is InChI=1S/C18H28N2O3/c1-14-5-6-15(11-16(14)23-10-9-19)17(21)20-12-18(13-22-2)7-3-4-8-18/h5-6,11H,3-4,7-10,12-13,19H2,1-2H3,(H,20,21). The highest BCUT2D eigenvalue weighted by molar-refractivity contribution is 5.94. The number of nitrogens with two attached hydrogens (primary N) is 1. The predicted octanol–water partition coefficient (Wildman–Crippen LogP) is 2.27. The normalized spacial score (nSPS) is 16.3. The minimum atomic E-state index is -0.0648. The minimum Gasteiger partial charge on any atom is -0.492 e. The fraction of sp³-hybridized carbons (Fsp3) is 0.611. The second kappa shape index (κ2) is 8.31. The van der Waals surface area contributed by atoms with Crippen LogP contribution in [0, 0.1) is 12.3 Å². The fourth-order valence-electron chi connectivity index (χ4n) is 3.24. The Morgan fingerprint density at radius 3 is 2.74 bits per heavy atom. The van der Waals surface area contributed by atoms with E-state index in [1.54, 1.807) is 13.2 Å². The van der Waals surface area contributed by atoms with E-state index in [-0.39, 0.29) is 11.3 Å². The Balaban J connectivity index is 2.00. The van der Waals surface area contributed by atoms with Gasteiger partial charge in [-0.05, 0) is 37.5 Å². The zero-order valence-corrected chi connectivity index (χ0v) is 14.2. The van der Waals surface area contributed by atoms with Crippen molar-refractivity contribution in [2.45, 2.75) is 32.6 Å². The largest absolute Gasteiger partial charge is 0.492 e. The van der Waals surface area contributed by atoms with Gasteiger partial charge in [0.05, 0.1) is 6.61 Å². The molecule has 0 saturated heterocycles. The number of benzene rings is 1. The van der Waals surface area contributed by atoms with Crippen molar-refractivity contribution >= 4 is 5.91 Å². The minimum absolute atomic E-state index is 0.0648. The van der Waals surface area contributed by atoms with Gasteiger partial charge >= 0.3 is 0 Å². The lowest BCUT2D eigenvalue weighted by Gasteiger charge is -2.28. The molecule has 1 aromatic rings. The average Bonchev–Trinajstić information content (AvgIpc) is 3.01. The van der Waals surface area contributed by atoms with Crippen LogP contribution in [-0.4, -0.2) is 39.3 Å². The lowest BCUT2D eigenvalue weighted by Crippen LogP contribution is -2.38. The SMILES string of the molecule is COCC1(CNC(=O)c2ccc(C)c(OCCN)c2)CCCC1. The summed E-state index contributed by atoms with van der Waals surface area (Å²) in [5.74, 6) is 0.653. The maximum Gasteiger partial charge on any atom is 0.251 e. The van der Waals surface area contributed by atoms with Crippen LogP contribution >= 0.6 is 0 Å². The second-order valence-corrected chi connectivity index (χ2v) is 6.44. The molecule has 0 aromatic heterocycles. The second-order valence-electron chi connectivity index (χ2n) is 6.44.